The second-order valence-electron chi connectivity index (χ2n) is 4.49. The van der Waals surface area contributed by atoms with Gasteiger partial charge < -0.3 is 10.0 Å². The van der Waals surface area contributed by atoms with Crippen molar-refractivity contribution < 1.29 is 5.11 Å². The molecule has 1 rings (SSSR count). The van der Waals surface area contributed by atoms with Crippen molar-refractivity contribution in [2.24, 2.45) is 5.41 Å². The molecule has 2 nitrogen and oxygen atoms in total. The molecule has 0 aromatic heterocycles. The topological polar surface area (TPSA) is 23.5 Å². The molecule has 1 fully saturated rings. The molecule has 0 spiro atoms. The number of unbranched alkanes of at least 4 members (excludes halogenated alkanes) is 1. The fraction of sp³-hybridized carbons (Fsp3) is 1.00. The molecule has 0 unspecified atom stereocenters. The van der Waals surface area contributed by atoms with Crippen molar-refractivity contribution in [3.05, 3.63) is 0 Å². The van der Waals surface area contributed by atoms with E-state index in [1.807, 2.05) is 0 Å². The number of hydrogen-bond acceptors (Lipinski definition) is 2. The number of piperidine rings is 1. The lowest BCUT2D eigenvalue weighted by atomic mass is 9.81. The van der Waals surface area contributed by atoms with Gasteiger partial charge in [0.25, 0.3) is 0 Å². The van der Waals surface area contributed by atoms with E-state index in [4.69, 9.17) is 11.6 Å². The lowest BCUT2D eigenvalue weighted by Crippen LogP contribution is -2.43. The van der Waals surface area contributed by atoms with Crippen molar-refractivity contribution in [2.45, 2.75) is 32.6 Å². The Morgan fingerprint density at radius 1 is 1.36 bits per heavy atom. The Bertz CT molecular complexity index is 149. The Hall–Kier alpha value is 0.210. The lowest BCUT2D eigenvalue weighted by Gasteiger charge is -2.39. The van der Waals surface area contributed by atoms with E-state index in [0.717, 1.165) is 25.9 Å². The van der Waals surface area contributed by atoms with Gasteiger partial charge in [-0.15, -0.1) is 11.6 Å². The van der Waals surface area contributed by atoms with Crippen LogP contribution in [0.25, 0.3) is 0 Å². The monoisotopic (exact) mass is 219 g/mol. The first-order valence-corrected chi connectivity index (χ1v) is 6.19. The lowest BCUT2D eigenvalue weighted by molar-refractivity contribution is 0.0609. The number of likely N-dealkylation sites (tertiary alicyclic amines) is 1. The van der Waals surface area contributed by atoms with Crippen molar-refractivity contribution in [3.8, 4) is 0 Å². The van der Waals surface area contributed by atoms with Crippen LogP contribution < -0.4 is 0 Å². The second-order valence-corrected chi connectivity index (χ2v) is 4.75. The molecule has 0 amide bonds. The molecule has 1 heterocycles. The van der Waals surface area contributed by atoms with Gasteiger partial charge in [0.1, 0.15) is 0 Å². The number of rotatable bonds is 5. The smallest absolute Gasteiger partial charge is 0.0499 e. The molecule has 3 heteroatoms. The molecule has 0 saturated carbocycles. The van der Waals surface area contributed by atoms with Crippen LogP contribution in [0.1, 0.15) is 32.6 Å². The summed E-state index contributed by atoms with van der Waals surface area (Å²) in [6.07, 6.45) is 4.65. The fourth-order valence-electron chi connectivity index (χ4n) is 1.97. The van der Waals surface area contributed by atoms with Crippen LogP contribution >= 0.6 is 11.6 Å². The van der Waals surface area contributed by atoms with Crippen molar-refractivity contribution in [1.29, 1.82) is 0 Å². The summed E-state index contributed by atoms with van der Waals surface area (Å²) in [7, 11) is 0. The third kappa shape index (κ3) is 3.11. The highest BCUT2D eigenvalue weighted by Crippen LogP contribution is 2.32. The van der Waals surface area contributed by atoms with E-state index in [1.54, 1.807) is 0 Å². The fourth-order valence-corrected chi connectivity index (χ4v) is 2.32. The summed E-state index contributed by atoms with van der Waals surface area (Å²) < 4.78 is 0. The van der Waals surface area contributed by atoms with Crippen molar-refractivity contribution in [1.82, 2.24) is 4.90 Å². The van der Waals surface area contributed by atoms with Crippen LogP contribution in [-0.4, -0.2) is 42.1 Å². The quantitative estimate of drug-likeness (QED) is 0.716. The predicted octanol–water partition coefficient (Wildman–Crippen LogP) is 2.10. The predicted molar refractivity (Wildman–Crippen MR) is 60.8 cm³/mol. The maximum atomic E-state index is 9.30. The normalized spacial score (nSPS) is 22.5. The number of aliphatic hydroxyl groups excluding tert-OH is 1. The van der Waals surface area contributed by atoms with Gasteiger partial charge in [-0.1, -0.05) is 13.3 Å². The standard InChI is InChI=1S/C11H22ClNO/c1-2-3-6-13-7-4-11(9-12,10-14)5-8-13/h14H,2-10H2,1H3. The summed E-state index contributed by atoms with van der Waals surface area (Å²) in [5.74, 6) is 0.602. The first-order chi connectivity index (χ1) is 6.76. The van der Waals surface area contributed by atoms with Crippen LogP contribution in [0.2, 0.25) is 0 Å². The zero-order valence-electron chi connectivity index (χ0n) is 9.14. The minimum atomic E-state index is 0.0181. The highest BCUT2D eigenvalue weighted by Gasteiger charge is 2.32. The van der Waals surface area contributed by atoms with E-state index in [1.165, 1.54) is 19.4 Å². The Morgan fingerprint density at radius 3 is 2.43 bits per heavy atom. The number of aliphatic hydroxyl groups is 1. The highest BCUT2D eigenvalue weighted by molar-refractivity contribution is 6.18. The highest BCUT2D eigenvalue weighted by atomic mass is 35.5. The van der Waals surface area contributed by atoms with Gasteiger partial charge in [-0.05, 0) is 38.9 Å². The van der Waals surface area contributed by atoms with Gasteiger partial charge in [0.2, 0.25) is 0 Å². The van der Waals surface area contributed by atoms with Gasteiger partial charge in [0.05, 0.1) is 0 Å². The molecule has 1 N–H and O–H groups in total. The summed E-state index contributed by atoms with van der Waals surface area (Å²) in [6, 6.07) is 0. The summed E-state index contributed by atoms with van der Waals surface area (Å²) in [4.78, 5) is 2.49. The third-order valence-electron chi connectivity index (χ3n) is 3.36. The summed E-state index contributed by atoms with van der Waals surface area (Å²) in [5.41, 5.74) is 0.0181. The van der Waals surface area contributed by atoms with Crippen molar-refractivity contribution >= 4 is 11.6 Å². The summed E-state index contributed by atoms with van der Waals surface area (Å²) in [6.45, 7) is 5.89. The molecule has 0 aliphatic carbocycles. The first-order valence-electron chi connectivity index (χ1n) is 5.65. The van der Waals surface area contributed by atoms with E-state index in [-0.39, 0.29) is 12.0 Å². The molecular weight excluding hydrogens is 198 g/mol. The molecule has 84 valence electrons. The van der Waals surface area contributed by atoms with Crippen LogP contribution in [0.5, 0.6) is 0 Å². The average molecular weight is 220 g/mol. The van der Waals surface area contributed by atoms with E-state index in [9.17, 15) is 5.11 Å². The van der Waals surface area contributed by atoms with Gasteiger partial charge in [0, 0.05) is 17.9 Å². The van der Waals surface area contributed by atoms with Crippen molar-refractivity contribution in [2.75, 3.05) is 32.1 Å². The molecule has 0 aromatic rings. The van der Waals surface area contributed by atoms with Gasteiger partial charge >= 0.3 is 0 Å². The van der Waals surface area contributed by atoms with Gasteiger partial charge in [0.15, 0.2) is 0 Å². The second kappa shape index (κ2) is 5.94. The van der Waals surface area contributed by atoms with Crippen LogP contribution in [0.15, 0.2) is 0 Å². The van der Waals surface area contributed by atoms with Crippen LogP contribution in [0.3, 0.4) is 0 Å². The molecule has 14 heavy (non-hydrogen) atoms. The Morgan fingerprint density at radius 2 is 2.00 bits per heavy atom. The van der Waals surface area contributed by atoms with Crippen molar-refractivity contribution in [3.63, 3.8) is 0 Å². The summed E-state index contributed by atoms with van der Waals surface area (Å²) >= 11 is 5.91. The van der Waals surface area contributed by atoms with E-state index in [0.29, 0.717) is 5.88 Å². The van der Waals surface area contributed by atoms with E-state index >= 15 is 0 Å². The minimum absolute atomic E-state index is 0.0181. The number of halogens is 1. The Labute approximate surface area is 92.2 Å². The SMILES string of the molecule is CCCCN1CCC(CO)(CCl)CC1. The third-order valence-corrected chi connectivity index (χ3v) is 3.93. The van der Waals surface area contributed by atoms with Gasteiger partial charge in [-0.2, -0.15) is 0 Å². The van der Waals surface area contributed by atoms with Crippen LogP contribution in [0.4, 0.5) is 0 Å². The Kier molecular flexibility index (Phi) is 5.21. The largest absolute Gasteiger partial charge is 0.396 e. The molecule has 0 radical (unpaired) electrons. The number of alkyl halides is 1. The number of hydrogen-bond donors (Lipinski definition) is 1. The molecule has 1 saturated heterocycles. The zero-order valence-corrected chi connectivity index (χ0v) is 9.89. The Balaban J connectivity index is 2.29. The molecule has 0 bridgehead atoms. The van der Waals surface area contributed by atoms with E-state index in [2.05, 4.69) is 11.8 Å². The maximum absolute atomic E-state index is 9.30. The molecular formula is C11H22ClNO. The maximum Gasteiger partial charge on any atom is 0.0499 e. The van der Waals surface area contributed by atoms with Gasteiger partial charge in [-0.25, -0.2) is 0 Å². The molecule has 1 aliphatic rings. The zero-order chi connectivity index (χ0) is 10.4. The first kappa shape index (κ1) is 12.3. The van der Waals surface area contributed by atoms with E-state index < -0.39 is 0 Å². The van der Waals surface area contributed by atoms with Gasteiger partial charge in [-0.3, -0.25) is 0 Å². The molecule has 0 atom stereocenters. The minimum Gasteiger partial charge on any atom is -0.396 e. The average Bonchev–Trinajstić information content (AvgIpc) is 2.27. The number of nitrogens with zero attached hydrogens (tertiary/aromatic N) is 1. The van der Waals surface area contributed by atoms with Crippen LogP contribution in [0, 0.1) is 5.41 Å². The molecule has 0 aromatic carbocycles. The summed E-state index contributed by atoms with van der Waals surface area (Å²) in [5, 5.41) is 9.30. The van der Waals surface area contributed by atoms with Crippen LogP contribution in [-0.2, 0) is 0 Å². The molecule has 1 aliphatic heterocycles.